The molecule has 172 valence electrons. The number of aryl methyl sites for hydroxylation is 1. The average molecular weight is 460 g/mol. The van der Waals surface area contributed by atoms with Crippen LogP contribution in [0.3, 0.4) is 0 Å². The van der Waals surface area contributed by atoms with Crippen molar-refractivity contribution in [2.45, 2.75) is 90.3 Å². The summed E-state index contributed by atoms with van der Waals surface area (Å²) in [5.41, 5.74) is 4.26. The zero-order chi connectivity index (χ0) is 22.6. The summed E-state index contributed by atoms with van der Waals surface area (Å²) >= 11 is 0. The predicted octanol–water partition coefficient (Wildman–Crippen LogP) is 6.59. The van der Waals surface area contributed by atoms with Crippen molar-refractivity contribution < 1.29 is 13.7 Å². The topological polar surface area (TPSA) is 40.0 Å². The smallest absolute Gasteiger partial charge is 0.242 e. The highest BCUT2D eigenvalue weighted by Crippen LogP contribution is 2.61. The van der Waals surface area contributed by atoms with Crippen LogP contribution in [0.2, 0.25) is 39.3 Å². The highest BCUT2D eigenvalue weighted by Gasteiger charge is 2.59. The summed E-state index contributed by atoms with van der Waals surface area (Å²) in [6.07, 6.45) is 5.96. The van der Waals surface area contributed by atoms with Crippen LogP contribution in [0.1, 0.15) is 49.7 Å². The molecule has 0 N–H and O–H groups in total. The Morgan fingerprint density at radius 2 is 1.74 bits per heavy atom. The lowest BCUT2D eigenvalue weighted by atomic mass is 9.54. The molecule has 3 aliphatic rings. The molecule has 31 heavy (non-hydrogen) atoms. The predicted molar refractivity (Wildman–Crippen MR) is 133 cm³/mol. The number of hydrogen-bond acceptors (Lipinski definition) is 4. The third-order valence-electron chi connectivity index (χ3n) is 7.64. The molecule has 3 aliphatic carbocycles. The molecule has 0 spiro atoms. The van der Waals surface area contributed by atoms with E-state index >= 15 is 0 Å². The van der Waals surface area contributed by atoms with E-state index in [0.29, 0.717) is 17.8 Å². The van der Waals surface area contributed by atoms with Gasteiger partial charge in [-0.05, 0) is 112 Å². The van der Waals surface area contributed by atoms with Gasteiger partial charge in [0, 0.05) is 5.41 Å². The van der Waals surface area contributed by atoms with Crippen LogP contribution in [0, 0.1) is 17.3 Å². The minimum atomic E-state index is -1.70. The van der Waals surface area contributed by atoms with E-state index in [1.807, 2.05) is 0 Å². The van der Waals surface area contributed by atoms with Gasteiger partial charge in [0.15, 0.2) is 8.32 Å². The third kappa shape index (κ3) is 4.40. The van der Waals surface area contributed by atoms with E-state index in [1.165, 1.54) is 24.1 Å². The van der Waals surface area contributed by atoms with Crippen molar-refractivity contribution in [1.29, 1.82) is 0 Å². The monoisotopic (exact) mass is 459 g/mol. The van der Waals surface area contributed by atoms with Crippen molar-refractivity contribution >= 4 is 22.3 Å². The fourth-order valence-electron chi connectivity index (χ4n) is 6.60. The quantitative estimate of drug-likeness (QED) is 0.368. The SMILES string of the molecule is CO/N=C1/CC[C@H]2[C@@H]3CCc4cc(O[Si](C)(C)C)ccc4[C@H]3C[C@@H](O[Si](C)(C)C)[C@]12C. The number of benzene rings is 1. The van der Waals surface area contributed by atoms with E-state index in [4.69, 9.17) is 13.7 Å². The van der Waals surface area contributed by atoms with Gasteiger partial charge in [-0.3, -0.25) is 0 Å². The van der Waals surface area contributed by atoms with E-state index in [2.05, 4.69) is 69.6 Å². The van der Waals surface area contributed by atoms with Crippen LogP contribution in [-0.4, -0.2) is 35.6 Å². The lowest BCUT2D eigenvalue weighted by Crippen LogP contribution is -2.54. The first kappa shape index (κ1) is 23.1. The zero-order valence-corrected chi connectivity index (χ0v) is 22.7. The molecule has 0 bridgehead atoms. The second-order valence-corrected chi connectivity index (χ2v) is 20.9. The molecule has 2 saturated carbocycles. The molecule has 0 aliphatic heterocycles. The van der Waals surface area contributed by atoms with Crippen molar-refractivity contribution in [2.24, 2.45) is 22.4 Å². The van der Waals surface area contributed by atoms with Crippen LogP contribution in [0.15, 0.2) is 23.4 Å². The molecule has 0 unspecified atom stereocenters. The molecular weight excluding hydrogens is 418 g/mol. The summed E-state index contributed by atoms with van der Waals surface area (Å²) in [7, 11) is -1.62. The number of rotatable bonds is 5. The van der Waals surface area contributed by atoms with E-state index < -0.39 is 16.6 Å². The summed E-state index contributed by atoms with van der Waals surface area (Å²) in [4.78, 5) is 5.30. The lowest BCUT2D eigenvalue weighted by molar-refractivity contribution is -0.0242. The van der Waals surface area contributed by atoms with E-state index in [-0.39, 0.29) is 11.5 Å². The molecule has 0 amide bonds. The van der Waals surface area contributed by atoms with E-state index in [9.17, 15) is 0 Å². The van der Waals surface area contributed by atoms with Gasteiger partial charge < -0.3 is 13.7 Å². The number of hydrogen-bond donors (Lipinski definition) is 0. The van der Waals surface area contributed by atoms with Gasteiger partial charge in [0.05, 0.1) is 11.8 Å². The Hall–Kier alpha value is -1.12. The minimum absolute atomic E-state index is 0.00412. The number of fused-ring (bicyclic) bond motifs is 5. The molecule has 6 heteroatoms. The fourth-order valence-corrected chi connectivity index (χ4v) is 8.63. The van der Waals surface area contributed by atoms with Gasteiger partial charge >= 0.3 is 0 Å². The Morgan fingerprint density at radius 3 is 2.39 bits per heavy atom. The van der Waals surface area contributed by atoms with Crippen LogP contribution < -0.4 is 4.43 Å². The molecule has 5 atom stereocenters. The first-order chi connectivity index (χ1) is 14.4. The van der Waals surface area contributed by atoms with Crippen LogP contribution in [0.5, 0.6) is 5.75 Å². The first-order valence-electron chi connectivity index (χ1n) is 12.0. The van der Waals surface area contributed by atoms with Crippen molar-refractivity contribution in [3.8, 4) is 5.75 Å². The molecule has 0 saturated heterocycles. The van der Waals surface area contributed by atoms with Gasteiger partial charge in [0.2, 0.25) is 8.32 Å². The first-order valence-corrected chi connectivity index (χ1v) is 18.8. The van der Waals surface area contributed by atoms with Gasteiger partial charge in [-0.1, -0.05) is 18.1 Å². The summed E-state index contributed by atoms with van der Waals surface area (Å²) < 4.78 is 13.2. The molecule has 4 nitrogen and oxygen atoms in total. The largest absolute Gasteiger partial charge is 0.544 e. The van der Waals surface area contributed by atoms with Crippen LogP contribution >= 0.6 is 0 Å². The number of oxime groups is 1. The van der Waals surface area contributed by atoms with E-state index in [1.54, 1.807) is 12.7 Å². The van der Waals surface area contributed by atoms with E-state index in [0.717, 1.165) is 25.0 Å². The Labute approximate surface area is 191 Å². The molecule has 4 rings (SSSR count). The summed E-state index contributed by atoms with van der Waals surface area (Å²) in [6, 6.07) is 6.92. The second kappa shape index (κ2) is 8.03. The molecule has 1 aromatic carbocycles. The standard InChI is InChI=1S/C25H41NO3Si2/c1-25-22(13-14-23(25)26-27-2)20-11-9-17-15-18(28-30(3,4)5)10-12-19(17)21(20)16-24(25)29-31(6,7)8/h10,12,15,20-22,24H,9,11,13-14,16H2,1-8H3/b26-23-/t20-,21-,22+,24-,25+/m1/s1. The maximum Gasteiger partial charge on any atom is 0.242 e. The molecule has 0 heterocycles. The zero-order valence-electron chi connectivity index (χ0n) is 20.7. The fraction of sp³-hybridized carbons (Fsp3) is 0.720. The van der Waals surface area contributed by atoms with Crippen molar-refractivity contribution in [3.05, 3.63) is 29.3 Å². The Balaban J connectivity index is 1.70. The molecule has 0 aromatic heterocycles. The van der Waals surface area contributed by atoms with Crippen LogP contribution in [0.4, 0.5) is 0 Å². The average Bonchev–Trinajstić information content (AvgIpc) is 2.97. The van der Waals surface area contributed by atoms with Crippen LogP contribution in [-0.2, 0) is 15.7 Å². The number of nitrogens with zero attached hydrogens (tertiary/aromatic N) is 1. The summed E-state index contributed by atoms with van der Waals surface area (Å²) in [5, 5.41) is 4.53. The Morgan fingerprint density at radius 1 is 1.00 bits per heavy atom. The minimum Gasteiger partial charge on any atom is -0.544 e. The van der Waals surface area contributed by atoms with Gasteiger partial charge in [0.25, 0.3) is 0 Å². The van der Waals surface area contributed by atoms with Crippen molar-refractivity contribution in [1.82, 2.24) is 0 Å². The molecular formula is C25H41NO3Si2. The highest BCUT2D eigenvalue weighted by molar-refractivity contribution is 6.70. The highest BCUT2D eigenvalue weighted by atomic mass is 28.4. The maximum atomic E-state index is 6.91. The normalized spacial score (nSPS) is 34.1. The molecule has 1 aromatic rings. The Bertz CT molecular complexity index is 857. The summed E-state index contributed by atoms with van der Waals surface area (Å²) in [6.45, 7) is 16.1. The van der Waals surface area contributed by atoms with Crippen LogP contribution in [0.25, 0.3) is 0 Å². The maximum absolute atomic E-state index is 6.91. The molecule has 0 radical (unpaired) electrons. The lowest BCUT2D eigenvalue weighted by Gasteiger charge is -2.54. The molecule has 2 fully saturated rings. The Kier molecular flexibility index (Phi) is 5.97. The van der Waals surface area contributed by atoms with Gasteiger partial charge in [0.1, 0.15) is 12.9 Å². The third-order valence-corrected chi connectivity index (χ3v) is 9.48. The van der Waals surface area contributed by atoms with Gasteiger partial charge in [-0.25, -0.2) is 0 Å². The van der Waals surface area contributed by atoms with Crippen molar-refractivity contribution in [2.75, 3.05) is 7.11 Å². The summed E-state index contributed by atoms with van der Waals surface area (Å²) in [5.74, 6) is 2.95. The second-order valence-electron chi connectivity index (χ2n) is 12.0. The van der Waals surface area contributed by atoms with Crippen molar-refractivity contribution in [3.63, 3.8) is 0 Å². The van der Waals surface area contributed by atoms with Gasteiger partial charge in [-0.15, -0.1) is 0 Å². The van der Waals surface area contributed by atoms with Gasteiger partial charge in [-0.2, -0.15) is 0 Å².